The van der Waals surface area contributed by atoms with Crippen LogP contribution in [-0.4, -0.2) is 185 Å². The number of thiol groups is 1. The number of alkyl carbamates (subject to hydrolysis) is 3. The van der Waals surface area contributed by atoms with Crippen molar-refractivity contribution < 1.29 is 265 Å². The third kappa shape index (κ3) is 87.0. The molecule has 0 spiro atoms. The summed E-state index contributed by atoms with van der Waals surface area (Å²) in [5.74, 6) is 1.43. The number of carbonyl (C=O) groups excluding carboxylic acids is 12. The SMILES string of the molecule is Br.C.CC(=O)Cl.CC(=O)NCCCSc1ccc(-c2ncc(CNC(=O)c3ccc4c(c3)NC(=O)c3ccccc3S4(=O)=O)s2)cc1.CC(=O)SCCCNC(=O)OC(C)(C)C.CC(=O)[S-].CC(C)(C)OC(=O)NCCCBr.CC(C)(C)OC(=O)NCCCS.CC(C)(C)OC(=O)OC(=O)OC(C)(C)C.CO.NCCCBr.O=CO[O-].[H-].[K+].[K+].[K+]. The van der Waals surface area contributed by atoms with Crippen LogP contribution in [0.1, 0.15) is 198 Å². The normalized spacial score (nSPS) is 10.7. The van der Waals surface area contributed by atoms with Gasteiger partial charge in [0.2, 0.25) is 21.0 Å². The van der Waals surface area contributed by atoms with Crippen molar-refractivity contribution in [1.29, 1.82) is 0 Å². The Kier molecular flexibility index (Phi) is 91.2. The van der Waals surface area contributed by atoms with E-state index in [1.54, 1.807) is 71.6 Å². The number of halogens is 4. The van der Waals surface area contributed by atoms with E-state index in [2.05, 4.69) is 115 Å². The molecule has 1 aliphatic heterocycles. The monoisotopic (exact) mass is 2080 g/mol. The van der Waals surface area contributed by atoms with Crippen LogP contribution in [0.3, 0.4) is 0 Å². The number of nitrogens with two attached hydrogens (primary N) is 1. The molecule has 0 bridgehead atoms. The van der Waals surface area contributed by atoms with Gasteiger partial charge in [-0.15, -0.1) is 40.1 Å². The van der Waals surface area contributed by atoms with Crippen LogP contribution in [0.25, 0.3) is 10.6 Å². The van der Waals surface area contributed by atoms with E-state index < -0.39 is 68.1 Å². The Morgan fingerprint density at radius 1 is 0.655 bits per heavy atom. The number of thioether (sulfide) groups is 2. The number of rotatable bonds is 22. The number of aliphatic hydroxyl groups is 1. The van der Waals surface area contributed by atoms with Gasteiger partial charge < -0.3 is 100 Å². The number of thiazole rings is 1. The van der Waals surface area contributed by atoms with Crippen molar-refractivity contribution in [3.05, 3.63) is 88.9 Å². The van der Waals surface area contributed by atoms with Gasteiger partial charge in [-0.05, 0) is 215 Å². The summed E-state index contributed by atoms with van der Waals surface area (Å²) in [6, 6.07) is 18.3. The van der Waals surface area contributed by atoms with Gasteiger partial charge in [-0.2, -0.15) is 12.6 Å². The third-order valence-corrected chi connectivity index (χ3v) is 17.2. The van der Waals surface area contributed by atoms with Crippen LogP contribution in [-0.2, 0) is 86.3 Å². The van der Waals surface area contributed by atoms with Crippen LogP contribution >= 0.6 is 108 Å². The van der Waals surface area contributed by atoms with Gasteiger partial charge in [-0.1, -0.05) is 75.3 Å². The van der Waals surface area contributed by atoms with Gasteiger partial charge in [-0.25, -0.2) is 37.4 Å². The topological polar surface area (TPSA) is 458 Å². The van der Waals surface area contributed by atoms with Crippen LogP contribution in [0.5, 0.6) is 0 Å². The molecular weight excluding hydrogens is 1970 g/mol. The number of aromatic nitrogens is 1. The standard InChI is InChI=1S/C29H26N4O5S3.C10H19NO3S.C10H18O5.C8H16BrNO2.C8H17NO2S.C3H8BrN.C2H3ClO.C2H4OS.CH2O3.CH4O.CH4.BrH.3K.H/c1-18(34)30-13-4-14-39-21-10-7-19(8-11-21)29-32-17-22(40-29)16-31-27(35)20-9-12-26-24(15-20)33-28(36)23-5-2-3-6-25(23)41(26,37)38;1-8(12)15-7-5-6-11-9(13)14-10(2,3)4;1-9(2,3)14-7(11)13-8(12)15-10(4,5)6;1-8(2,3)12-7(11)10-6-4-5-9;1-8(2,3)11-7(10)9-5-4-6-12;4-2-1-3-5;2*1-2(3)4;2-1-4-3;1-2;;;;;;/h2-3,5-12,15,17H,4,13-14,16H2,1H3,(H,30,34)(H,31,35)(H,33,36);5-7H2,1-4H3,(H,11,13);1-6H3;4-6H2,1-3H3,(H,10,11);12H,4-6H2,1-3H3,(H,9,10);1-3,5H2;1H3;1H3,(H,3,4);1,3H;2H,1H3;1H4;1H;;;;/q;;;;;;;;;;;;3*+1;-1/p-2. The number of alkyl halides is 2. The number of anilines is 1. The third-order valence-electron chi connectivity index (χ3n) is 10.8. The van der Waals surface area contributed by atoms with Crippen molar-refractivity contribution >= 4 is 206 Å². The van der Waals surface area contributed by atoms with Gasteiger partial charge in [0, 0.05) is 103 Å². The number of fused-ring (bicyclic) bond motifs is 2. The van der Waals surface area contributed by atoms with Gasteiger partial charge in [0.1, 0.15) is 33.0 Å². The van der Waals surface area contributed by atoms with Crippen LogP contribution < -0.4 is 197 Å². The average Bonchev–Trinajstić information content (AvgIpc) is 1.47. The first kappa shape index (κ1) is 138. The van der Waals surface area contributed by atoms with Gasteiger partial charge in [0.05, 0.1) is 27.6 Å². The molecule has 31 nitrogen and oxygen atoms in total. The van der Waals surface area contributed by atoms with E-state index in [1.165, 1.54) is 81.1 Å². The summed E-state index contributed by atoms with van der Waals surface area (Å²) in [5, 5.41) is 33.8. The van der Waals surface area contributed by atoms with Crippen molar-refractivity contribution in [2.24, 2.45) is 5.73 Å². The first-order chi connectivity index (χ1) is 52.7. The van der Waals surface area contributed by atoms with E-state index in [1.807, 2.05) is 86.6 Å². The predicted octanol–water partition coefficient (Wildman–Crippen LogP) is 5.90. The Morgan fingerprint density at radius 3 is 1.45 bits per heavy atom. The maximum atomic E-state index is 13.2. The second-order valence-electron chi connectivity index (χ2n) is 27.3. The molecule has 5 rings (SSSR count). The minimum absolute atomic E-state index is 0. The van der Waals surface area contributed by atoms with Crippen LogP contribution in [0.15, 0.2) is 87.6 Å². The van der Waals surface area contributed by atoms with Crippen molar-refractivity contribution in [1.82, 2.24) is 31.6 Å². The second kappa shape index (κ2) is 78.7. The fourth-order valence-electron chi connectivity index (χ4n) is 6.85. The number of hydrogen-bond donors (Lipinski definition) is 9. The Balaban J connectivity index is -0.000000141. The second-order valence-corrected chi connectivity index (χ2v) is 35.9. The smallest absolute Gasteiger partial charge is 1.00 e. The van der Waals surface area contributed by atoms with Gasteiger partial charge in [0.15, 0.2) is 5.12 Å². The van der Waals surface area contributed by atoms with E-state index >= 15 is 0 Å². The number of carbonyl (C=O) groups is 12. The molecule has 0 aliphatic carbocycles. The molecule has 666 valence electrons. The molecular formula is C75H121Br3ClK3N8O23S6. The van der Waals surface area contributed by atoms with E-state index in [0.717, 1.165) is 94.0 Å². The number of nitrogens with one attached hydrogen (secondary N) is 6. The Hall–Kier alpha value is -1.53. The summed E-state index contributed by atoms with van der Waals surface area (Å²) in [4.78, 5) is 138. The molecule has 0 fully saturated rings. The average molecular weight is 2090 g/mol. The number of aliphatic hydroxyl groups excluding tert-OH is 1. The van der Waals surface area contributed by atoms with E-state index in [9.17, 15) is 61.2 Å². The van der Waals surface area contributed by atoms with E-state index in [4.69, 9.17) is 44.6 Å². The van der Waals surface area contributed by atoms with Crippen LogP contribution in [0.2, 0.25) is 0 Å². The summed E-state index contributed by atoms with van der Waals surface area (Å²) >= 11 is 23.6. The fraction of sp³-hybridized carbons (Fsp3) is 0.560. The zero-order valence-corrected chi connectivity index (χ0v) is 91.8. The molecule has 0 atom stereocenters. The predicted molar refractivity (Wildman–Crippen MR) is 475 cm³/mol. The minimum atomic E-state index is -3.94. The summed E-state index contributed by atoms with van der Waals surface area (Å²) in [6.07, 6.45) is 3.01. The fourth-order valence-corrected chi connectivity index (χ4v) is 11.5. The number of nitrogens with zero attached hydrogens (tertiary/aromatic N) is 1. The Morgan fingerprint density at radius 2 is 1.07 bits per heavy atom. The van der Waals surface area contributed by atoms with E-state index in [0.29, 0.717) is 26.2 Å². The number of sulfone groups is 1. The molecule has 9 N–H and O–H groups in total. The largest absolute Gasteiger partial charge is 1.00 e. The molecule has 3 aromatic carbocycles. The van der Waals surface area contributed by atoms with Gasteiger partial charge in [-0.3, -0.25) is 28.8 Å². The first-order valence-corrected chi connectivity index (χ1v) is 42.8. The van der Waals surface area contributed by atoms with E-state index in [-0.39, 0.29) is 253 Å². The number of benzene rings is 3. The Labute approximate surface area is 888 Å². The molecule has 119 heavy (non-hydrogen) atoms. The molecule has 0 saturated heterocycles. The van der Waals surface area contributed by atoms with Gasteiger partial charge in [0.25, 0.3) is 18.3 Å². The van der Waals surface area contributed by atoms with Crippen molar-refractivity contribution in [2.45, 2.75) is 220 Å². The molecule has 0 radical (unpaired) electrons. The molecule has 6 amide bonds. The summed E-state index contributed by atoms with van der Waals surface area (Å²) in [6.45, 7) is 35.5. The van der Waals surface area contributed by atoms with Crippen LogP contribution in [0.4, 0.5) is 29.7 Å². The molecule has 44 heteroatoms. The van der Waals surface area contributed by atoms with Gasteiger partial charge >= 0.3 is 185 Å². The zero-order valence-electron chi connectivity index (χ0n) is 72.8. The van der Waals surface area contributed by atoms with Crippen LogP contribution in [0, 0.1) is 0 Å². The van der Waals surface area contributed by atoms with Crippen molar-refractivity contribution in [2.75, 3.05) is 73.1 Å². The summed E-state index contributed by atoms with van der Waals surface area (Å²) in [7, 11) is -2.94. The maximum Gasteiger partial charge on any atom is 1.00 e. The molecule has 0 unspecified atom stereocenters. The van der Waals surface area contributed by atoms with Crippen molar-refractivity contribution in [3.63, 3.8) is 0 Å². The summed E-state index contributed by atoms with van der Waals surface area (Å²) in [5.41, 5.74) is 3.76. The first-order valence-electron chi connectivity index (χ1n) is 34.8. The maximum absolute atomic E-state index is 13.2. The number of amides is 6. The quantitative estimate of drug-likeness (QED) is 0.00353. The minimum Gasteiger partial charge on any atom is -1.00 e. The molecule has 4 aromatic rings. The Bertz CT molecular complexity index is 3580. The molecule has 0 saturated carbocycles. The molecule has 1 aromatic heterocycles. The molecule has 1 aliphatic rings. The number of hydrogen-bond acceptors (Lipinski definition) is 30. The molecule has 2 heterocycles. The zero-order chi connectivity index (χ0) is 89.1. The van der Waals surface area contributed by atoms with Crippen molar-refractivity contribution in [3.8, 4) is 10.6 Å². The summed E-state index contributed by atoms with van der Waals surface area (Å²) < 4.78 is 55.2. The number of ether oxygens (including phenoxy) is 6.